The van der Waals surface area contributed by atoms with Crippen molar-refractivity contribution < 1.29 is 19.8 Å². The Morgan fingerprint density at radius 3 is 2.00 bits per heavy atom. The highest BCUT2D eigenvalue weighted by molar-refractivity contribution is 6.04. The first kappa shape index (κ1) is 19.0. The molecule has 2 aromatic rings. The van der Waals surface area contributed by atoms with Gasteiger partial charge in [0.1, 0.15) is 0 Å². The Hall–Kier alpha value is -2.74. The largest absolute Gasteiger partial charge is 0.478 e. The molecule has 0 aromatic heterocycles. The van der Waals surface area contributed by atoms with Crippen molar-refractivity contribution in [1.29, 1.82) is 0 Å². The van der Waals surface area contributed by atoms with E-state index in [2.05, 4.69) is 16.0 Å². The van der Waals surface area contributed by atoms with Crippen LogP contribution < -0.4 is 16.0 Å². The highest BCUT2D eigenvalue weighted by Gasteiger charge is 2.54. The summed E-state index contributed by atoms with van der Waals surface area (Å²) in [5.74, 6) is -2.53. The summed E-state index contributed by atoms with van der Waals surface area (Å²) in [4.78, 5) is 23.9. The smallest absolute Gasteiger partial charge is 0.336 e. The molecule has 0 saturated carbocycles. The van der Waals surface area contributed by atoms with Gasteiger partial charge in [0.2, 0.25) is 0 Å². The van der Waals surface area contributed by atoms with Crippen molar-refractivity contribution in [3.8, 4) is 0 Å². The third-order valence-electron chi connectivity index (χ3n) is 5.61. The SMILES string of the molecule is CNC1(NC)CC(NC)(c2ccccc2)c2c1ccc(C(=O)O)c2C(=O)O. The molecule has 0 heterocycles. The minimum absolute atomic E-state index is 0.189. The molecule has 1 aliphatic carbocycles. The minimum atomic E-state index is -1.26. The van der Waals surface area contributed by atoms with Gasteiger partial charge in [0.15, 0.2) is 0 Å². The summed E-state index contributed by atoms with van der Waals surface area (Å²) >= 11 is 0. The molecule has 7 nitrogen and oxygen atoms in total. The van der Waals surface area contributed by atoms with Gasteiger partial charge in [0.25, 0.3) is 0 Å². The summed E-state index contributed by atoms with van der Waals surface area (Å²) in [6.07, 6.45) is 0.464. The lowest BCUT2D eigenvalue weighted by Crippen LogP contribution is -2.52. The number of nitrogens with one attached hydrogen (secondary N) is 3. The van der Waals surface area contributed by atoms with E-state index in [1.165, 1.54) is 6.07 Å². The van der Waals surface area contributed by atoms with Gasteiger partial charge in [-0.3, -0.25) is 10.6 Å². The third kappa shape index (κ3) is 2.63. The highest BCUT2D eigenvalue weighted by Crippen LogP contribution is 2.51. The lowest BCUT2D eigenvalue weighted by molar-refractivity contribution is 0.0649. The molecule has 7 heteroatoms. The summed E-state index contributed by atoms with van der Waals surface area (Å²) in [5.41, 5.74) is 0.0500. The van der Waals surface area contributed by atoms with Crippen LogP contribution in [0.25, 0.3) is 0 Å². The highest BCUT2D eigenvalue weighted by atomic mass is 16.4. The Labute approximate surface area is 157 Å². The standard InChI is InChI=1S/C20H23N3O4/c1-21-19(12-7-5-4-6-8-12)11-20(22-2,23-3)14-10-9-13(17(24)25)15(16(14)19)18(26)27/h4-10,21-23H,11H2,1-3H3,(H,24,25)(H,26,27). The molecule has 3 rings (SSSR count). The van der Waals surface area contributed by atoms with Gasteiger partial charge in [0, 0.05) is 6.42 Å². The van der Waals surface area contributed by atoms with Gasteiger partial charge in [0.05, 0.1) is 22.3 Å². The number of carbonyl (C=O) groups is 2. The zero-order chi connectivity index (χ0) is 19.8. The van der Waals surface area contributed by atoms with Crippen LogP contribution in [0.1, 0.15) is 43.8 Å². The van der Waals surface area contributed by atoms with E-state index in [1.54, 1.807) is 27.2 Å². The molecule has 142 valence electrons. The quantitative estimate of drug-likeness (QED) is 0.491. The molecule has 2 aromatic carbocycles. The predicted octanol–water partition coefficient (Wildman–Crippen LogP) is 1.54. The van der Waals surface area contributed by atoms with Crippen molar-refractivity contribution in [2.75, 3.05) is 21.1 Å². The first-order valence-electron chi connectivity index (χ1n) is 8.63. The van der Waals surface area contributed by atoms with Crippen LogP contribution in [0.15, 0.2) is 42.5 Å². The average molecular weight is 369 g/mol. The van der Waals surface area contributed by atoms with Crippen molar-refractivity contribution in [2.45, 2.75) is 17.6 Å². The van der Waals surface area contributed by atoms with Gasteiger partial charge in [-0.15, -0.1) is 0 Å². The second-order valence-electron chi connectivity index (χ2n) is 6.62. The van der Waals surface area contributed by atoms with E-state index in [-0.39, 0.29) is 11.1 Å². The van der Waals surface area contributed by atoms with Crippen molar-refractivity contribution in [2.24, 2.45) is 0 Å². The van der Waals surface area contributed by atoms with Gasteiger partial charge >= 0.3 is 11.9 Å². The number of hydrogen-bond donors (Lipinski definition) is 5. The number of hydrogen-bond acceptors (Lipinski definition) is 5. The van der Waals surface area contributed by atoms with Crippen LogP contribution in [0.3, 0.4) is 0 Å². The fourth-order valence-electron chi connectivity index (χ4n) is 4.28. The van der Waals surface area contributed by atoms with E-state index in [9.17, 15) is 19.8 Å². The maximum Gasteiger partial charge on any atom is 0.336 e. The maximum absolute atomic E-state index is 12.2. The fraction of sp³-hybridized carbons (Fsp3) is 0.300. The number of rotatable bonds is 6. The van der Waals surface area contributed by atoms with E-state index < -0.39 is 23.1 Å². The molecule has 0 spiro atoms. The number of carboxylic acid groups (broad SMARTS) is 2. The Kier molecular flexibility index (Phi) is 4.77. The van der Waals surface area contributed by atoms with Gasteiger partial charge < -0.3 is 15.5 Å². The molecular formula is C20H23N3O4. The van der Waals surface area contributed by atoms with Crippen molar-refractivity contribution in [1.82, 2.24) is 16.0 Å². The van der Waals surface area contributed by atoms with Crippen LogP contribution in [-0.2, 0) is 11.2 Å². The van der Waals surface area contributed by atoms with E-state index in [4.69, 9.17) is 0 Å². The monoisotopic (exact) mass is 369 g/mol. The molecule has 0 amide bonds. The Morgan fingerprint density at radius 2 is 1.52 bits per heavy atom. The third-order valence-corrected chi connectivity index (χ3v) is 5.61. The number of aromatic carboxylic acids is 2. The molecule has 1 unspecified atom stereocenters. The first-order chi connectivity index (χ1) is 12.9. The fourth-order valence-corrected chi connectivity index (χ4v) is 4.28. The summed E-state index contributed by atoms with van der Waals surface area (Å²) < 4.78 is 0. The van der Waals surface area contributed by atoms with E-state index in [1.807, 2.05) is 30.3 Å². The topological polar surface area (TPSA) is 111 Å². The van der Waals surface area contributed by atoms with Crippen molar-refractivity contribution in [3.63, 3.8) is 0 Å². The van der Waals surface area contributed by atoms with Gasteiger partial charge in [-0.05, 0) is 43.9 Å². The van der Waals surface area contributed by atoms with Crippen LogP contribution in [0.2, 0.25) is 0 Å². The normalized spacial score (nSPS) is 20.3. The Morgan fingerprint density at radius 1 is 0.889 bits per heavy atom. The van der Waals surface area contributed by atoms with E-state index >= 15 is 0 Å². The number of benzene rings is 2. The van der Waals surface area contributed by atoms with Crippen LogP contribution in [-0.4, -0.2) is 43.3 Å². The molecule has 0 bridgehead atoms. The summed E-state index contributed by atoms with van der Waals surface area (Å²) in [6.45, 7) is 0. The lowest BCUT2D eigenvalue weighted by atomic mass is 9.80. The second kappa shape index (κ2) is 6.77. The molecule has 1 aliphatic rings. The molecule has 0 fully saturated rings. The molecular weight excluding hydrogens is 346 g/mol. The zero-order valence-corrected chi connectivity index (χ0v) is 15.5. The maximum atomic E-state index is 12.2. The van der Waals surface area contributed by atoms with Gasteiger partial charge in [-0.2, -0.15) is 0 Å². The number of fused-ring (bicyclic) bond motifs is 1. The minimum Gasteiger partial charge on any atom is -0.478 e. The van der Waals surface area contributed by atoms with Gasteiger partial charge in [-0.1, -0.05) is 36.4 Å². The zero-order valence-electron chi connectivity index (χ0n) is 15.5. The predicted molar refractivity (Wildman–Crippen MR) is 101 cm³/mol. The summed E-state index contributed by atoms with van der Waals surface area (Å²) in [5, 5.41) is 29.4. The molecule has 1 atom stereocenters. The van der Waals surface area contributed by atoms with Crippen LogP contribution >= 0.6 is 0 Å². The molecule has 5 N–H and O–H groups in total. The van der Waals surface area contributed by atoms with E-state index in [0.29, 0.717) is 17.5 Å². The summed E-state index contributed by atoms with van der Waals surface area (Å²) in [7, 11) is 5.35. The Bertz CT molecular complexity index is 894. The molecule has 27 heavy (non-hydrogen) atoms. The lowest BCUT2D eigenvalue weighted by Gasteiger charge is -2.35. The summed E-state index contributed by atoms with van der Waals surface area (Å²) in [6, 6.07) is 12.5. The average Bonchev–Trinajstić information content (AvgIpc) is 2.99. The van der Waals surface area contributed by atoms with Crippen molar-refractivity contribution >= 4 is 11.9 Å². The van der Waals surface area contributed by atoms with Crippen LogP contribution in [0.5, 0.6) is 0 Å². The second-order valence-corrected chi connectivity index (χ2v) is 6.62. The van der Waals surface area contributed by atoms with Crippen molar-refractivity contribution in [3.05, 3.63) is 70.3 Å². The number of carboxylic acids is 2. The molecule has 0 saturated heterocycles. The molecule has 0 aliphatic heterocycles. The first-order valence-corrected chi connectivity index (χ1v) is 8.63. The van der Waals surface area contributed by atoms with E-state index in [0.717, 1.165) is 5.56 Å². The molecule has 0 radical (unpaired) electrons. The van der Waals surface area contributed by atoms with Crippen LogP contribution in [0, 0.1) is 0 Å². The van der Waals surface area contributed by atoms with Crippen LogP contribution in [0.4, 0.5) is 0 Å². The Balaban J connectivity index is 2.48. The van der Waals surface area contributed by atoms with Gasteiger partial charge in [-0.25, -0.2) is 9.59 Å².